The zero-order chi connectivity index (χ0) is 18.1. The van der Waals surface area contributed by atoms with E-state index in [2.05, 4.69) is 18.2 Å². The van der Waals surface area contributed by atoms with E-state index in [1.54, 1.807) is 0 Å². The number of ether oxygens (including phenoxy) is 3. The fraction of sp³-hybridized carbons (Fsp3) is 0.429. The van der Waals surface area contributed by atoms with E-state index < -0.39 is 0 Å². The van der Waals surface area contributed by atoms with Crippen LogP contribution in [-0.4, -0.2) is 26.4 Å². The van der Waals surface area contributed by atoms with Gasteiger partial charge in [-0.25, -0.2) is 0 Å². The van der Waals surface area contributed by atoms with Crippen molar-refractivity contribution in [2.45, 2.75) is 33.1 Å². The molecule has 2 aromatic rings. The molecule has 4 heteroatoms. The van der Waals surface area contributed by atoms with Crippen molar-refractivity contribution >= 4 is 0 Å². The molecular weight excluding hydrogens is 314 g/mol. The Hall–Kier alpha value is -2.20. The van der Waals surface area contributed by atoms with Crippen LogP contribution in [0.5, 0.6) is 17.2 Å². The molecule has 2 rings (SSSR count). The minimum Gasteiger partial charge on any atom is -0.494 e. The summed E-state index contributed by atoms with van der Waals surface area (Å²) in [5.74, 6) is 2.75. The third-order valence-corrected chi connectivity index (χ3v) is 4.01. The molecular formula is C21H29NO3. The molecule has 4 nitrogen and oxygen atoms in total. The first-order chi connectivity index (χ1) is 12.2. The smallest absolute Gasteiger partial charge is 0.126 e. The van der Waals surface area contributed by atoms with Crippen molar-refractivity contribution in [3.05, 3.63) is 53.6 Å². The molecule has 0 radical (unpaired) electrons. The van der Waals surface area contributed by atoms with Crippen molar-refractivity contribution in [2.24, 2.45) is 5.73 Å². The van der Waals surface area contributed by atoms with Crippen molar-refractivity contribution in [2.75, 3.05) is 26.4 Å². The molecule has 0 saturated heterocycles. The lowest BCUT2D eigenvalue weighted by molar-refractivity contribution is 0.319. The van der Waals surface area contributed by atoms with Gasteiger partial charge in [-0.05, 0) is 63.1 Å². The van der Waals surface area contributed by atoms with Gasteiger partial charge in [0.25, 0.3) is 0 Å². The molecule has 1 unspecified atom stereocenters. The molecule has 0 fully saturated rings. The number of rotatable bonds is 10. The van der Waals surface area contributed by atoms with Crippen LogP contribution in [-0.2, 0) is 6.42 Å². The predicted octanol–water partition coefficient (Wildman–Crippen LogP) is 4.17. The van der Waals surface area contributed by atoms with Gasteiger partial charge in [0.05, 0.1) is 19.8 Å². The maximum absolute atomic E-state index is 6.09. The summed E-state index contributed by atoms with van der Waals surface area (Å²) in [5, 5.41) is 0. The molecule has 0 bridgehead atoms. The molecule has 0 aliphatic rings. The average molecular weight is 343 g/mol. The lowest BCUT2D eigenvalue weighted by atomic mass is 9.91. The summed E-state index contributed by atoms with van der Waals surface area (Å²) >= 11 is 0. The Morgan fingerprint density at radius 2 is 1.52 bits per heavy atom. The van der Waals surface area contributed by atoms with Crippen molar-refractivity contribution < 1.29 is 14.2 Å². The molecule has 0 aromatic heterocycles. The Morgan fingerprint density at radius 3 is 2.16 bits per heavy atom. The van der Waals surface area contributed by atoms with Crippen molar-refractivity contribution in [1.82, 2.24) is 0 Å². The van der Waals surface area contributed by atoms with Crippen LogP contribution in [0.1, 0.15) is 37.8 Å². The molecule has 25 heavy (non-hydrogen) atoms. The standard InChI is InChI=1S/C21H29NO3/c1-4-23-18-9-7-8-16(13-18)12-17(15-22)20-11-10-19(24-5-2)14-21(20)25-6-3/h7-11,13-14,17H,4-6,12,15,22H2,1-3H3. The van der Waals surface area contributed by atoms with E-state index in [0.717, 1.165) is 29.2 Å². The van der Waals surface area contributed by atoms with Crippen LogP contribution in [0, 0.1) is 0 Å². The maximum Gasteiger partial charge on any atom is 0.126 e. The molecule has 0 spiro atoms. The predicted molar refractivity (Wildman–Crippen MR) is 102 cm³/mol. The highest BCUT2D eigenvalue weighted by molar-refractivity contribution is 5.44. The number of hydrogen-bond acceptors (Lipinski definition) is 4. The van der Waals surface area contributed by atoms with Gasteiger partial charge in [-0.3, -0.25) is 0 Å². The Labute approximate surface area is 150 Å². The summed E-state index contributed by atoms with van der Waals surface area (Å²) in [6, 6.07) is 14.2. The van der Waals surface area contributed by atoms with E-state index in [1.807, 2.05) is 45.0 Å². The molecule has 2 aromatic carbocycles. The van der Waals surface area contributed by atoms with E-state index in [1.165, 1.54) is 5.56 Å². The second kappa shape index (κ2) is 9.94. The topological polar surface area (TPSA) is 53.7 Å². The number of nitrogens with two attached hydrogens (primary N) is 1. The molecule has 0 heterocycles. The molecule has 1 atom stereocenters. The van der Waals surface area contributed by atoms with Gasteiger partial charge in [0.15, 0.2) is 0 Å². The second-order valence-corrected chi connectivity index (χ2v) is 5.78. The van der Waals surface area contributed by atoms with Gasteiger partial charge in [-0.15, -0.1) is 0 Å². The van der Waals surface area contributed by atoms with E-state index in [9.17, 15) is 0 Å². The Balaban J connectivity index is 2.25. The van der Waals surface area contributed by atoms with Gasteiger partial charge < -0.3 is 19.9 Å². The highest BCUT2D eigenvalue weighted by Gasteiger charge is 2.17. The summed E-state index contributed by atoms with van der Waals surface area (Å²) in [6.45, 7) is 8.41. The van der Waals surface area contributed by atoms with E-state index in [-0.39, 0.29) is 5.92 Å². The van der Waals surface area contributed by atoms with Gasteiger partial charge in [-0.2, -0.15) is 0 Å². The molecule has 0 amide bonds. The fourth-order valence-electron chi connectivity index (χ4n) is 2.92. The third kappa shape index (κ3) is 5.40. The Kier molecular flexibility index (Phi) is 7.61. The summed E-state index contributed by atoms with van der Waals surface area (Å²) in [5.41, 5.74) is 8.42. The van der Waals surface area contributed by atoms with Gasteiger partial charge in [0, 0.05) is 12.0 Å². The molecule has 0 aliphatic heterocycles. The Bertz CT molecular complexity index is 657. The number of benzene rings is 2. The summed E-state index contributed by atoms with van der Waals surface area (Å²) < 4.78 is 17.0. The van der Waals surface area contributed by atoms with Gasteiger partial charge in [0.1, 0.15) is 17.2 Å². The SMILES string of the molecule is CCOc1cccc(CC(CN)c2ccc(OCC)cc2OCC)c1. The normalized spacial score (nSPS) is 11.8. The van der Waals surface area contributed by atoms with Gasteiger partial charge >= 0.3 is 0 Å². The third-order valence-electron chi connectivity index (χ3n) is 4.01. The first kappa shape index (κ1) is 19.1. The molecule has 0 saturated carbocycles. The largest absolute Gasteiger partial charge is 0.494 e. The monoisotopic (exact) mass is 343 g/mol. The zero-order valence-electron chi connectivity index (χ0n) is 15.5. The van der Waals surface area contributed by atoms with E-state index in [0.29, 0.717) is 26.4 Å². The van der Waals surface area contributed by atoms with Crippen molar-refractivity contribution in [1.29, 1.82) is 0 Å². The zero-order valence-corrected chi connectivity index (χ0v) is 15.5. The first-order valence-corrected chi connectivity index (χ1v) is 9.03. The quantitative estimate of drug-likeness (QED) is 0.703. The summed E-state index contributed by atoms with van der Waals surface area (Å²) in [4.78, 5) is 0. The van der Waals surface area contributed by atoms with Crippen LogP contribution in [0.3, 0.4) is 0 Å². The van der Waals surface area contributed by atoms with Crippen LogP contribution in [0.15, 0.2) is 42.5 Å². The lowest BCUT2D eigenvalue weighted by Crippen LogP contribution is -2.16. The highest BCUT2D eigenvalue weighted by Crippen LogP contribution is 2.33. The minimum absolute atomic E-state index is 0.175. The van der Waals surface area contributed by atoms with E-state index in [4.69, 9.17) is 19.9 Å². The first-order valence-electron chi connectivity index (χ1n) is 9.03. The maximum atomic E-state index is 6.09. The van der Waals surface area contributed by atoms with E-state index >= 15 is 0 Å². The Morgan fingerprint density at radius 1 is 0.840 bits per heavy atom. The highest BCUT2D eigenvalue weighted by atomic mass is 16.5. The lowest BCUT2D eigenvalue weighted by Gasteiger charge is -2.20. The van der Waals surface area contributed by atoms with Crippen LogP contribution >= 0.6 is 0 Å². The van der Waals surface area contributed by atoms with Crippen molar-refractivity contribution in [3.63, 3.8) is 0 Å². The van der Waals surface area contributed by atoms with Crippen LogP contribution in [0.25, 0.3) is 0 Å². The van der Waals surface area contributed by atoms with Crippen LogP contribution in [0.4, 0.5) is 0 Å². The molecule has 0 aliphatic carbocycles. The molecule has 2 N–H and O–H groups in total. The van der Waals surface area contributed by atoms with Crippen LogP contribution in [0.2, 0.25) is 0 Å². The minimum atomic E-state index is 0.175. The summed E-state index contributed by atoms with van der Waals surface area (Å²) in [7, 11) is 0. The summed E-state index contributed by atoms with van der Waals surface area (Å²) in [6.07, 6.45) is 0.839. The number of hydrogen-bond donors (Lipinski definition) is 1. The molecule has 136 valence electrons. The van der Waals surface area contributed by atoms with Crippen molar-refractivity contribution in [3.8, 4) is 17.2 Å². The van der Waals surface area contributed by atoms with Gasteiger partial charge in [-0.1, -0.05) is 18.2 Å². The second-order valence-electron chi connectivity index (χ2n) is 5.78. The van der Waals surface area contributed by atoms with Gasteiger partial charge in [0.2, 0.25) is 0 Å². The van der Waals surface area contributed by atoms with Crippen LogP contribution < -0.4 is 19.9 Å². The average Bonchev–Trinajstić information content (AvgIpc) is 2.61. The fourth-order valence-corrected chi connectivity index (χ4v) is 2.92.